The molecule has 120 valence electrons. The number of rotatable bonds is 4. The molecule has 23 heavy (non-hydrogen) atoms. The predicted octanol–water partition coefficient (Wildman–Crippen LogP) is 3.05. The largest absolute Gasteiger partial charge is 0.294 e. The van der Waals surface area contributed by atoms with E-state index in [0.717, 1.165) is 0 Å². The lowest BCUT2D eigenvalue weighted by Gasteiger charge is -2.30. The summed E-state index contributed by atoms with van der Waals surface area (Å²) in [5.74, 6) is -0.719. The lowest BCUT2D eigenvalue weighted by atomic mass is 9.93. The molecule has 0 aliphatic carbocycles. The molecule has 0 radical (unpaired) electrons. The van der Waals surface area contributed by atoms with Gasteiger partial charge in [-0.05, 0) is 32.9 Å². The van der Waals surface area contributed by atoms with E-state index in [1.165, 1.54) is 49.6 Å². The molecule has 7 heteroatoms. The zero-order chi connectivity index (χ0) is 17.3. The van der Waals surface area contributed by atoms with E-state index in [1.807, 2.05) is 0 Å². The summed E-state index contributed by atoms with van der Waals surface area (Å²) in [4.78, 5) is 49.6. The fourth-order valence-electron chi connectivity index (χ4n) is 2.48. The van der Waals surface area contributed by atoms with Gasteiger partial charge in [0.25, 0.3) is 0 Å². The highest BCUT2D eigenvalue weighted by molar-refractivity contribution is 8.23. The Kier molecular flexibility index (Phi) is 5.11. The van der Waals surface area contributed by atoms with Crippen molar-refractivity contribution < 1.29 is 19.2 Å². The third-order valence-corrected chi connectivity index (χ3v) is 4.86. The van der Waals surface area contributed by atoms with Crippen molar-refractivity contribution in [1.29, 1.82) is 0 Å². The summed E-state index contributed by atoms with van der Waals surface area (Å²) >= 11 is 6.56. The fourth-order valence-corrected chi connectivity index (χ4v) is 3.69. The van der Waals surface area contributed by atoms with Crippen molar-refractivity contribution in [3.05, 3.63) is 28.8 Å². The van der Waals surface area contributed by atoms with Crippen molar-refractivity contribution in [3.63, 3.8) is 0 Å². The smallest absolute Gasteiger partial charge is 0.233 e. The van der Waals surface area contributed by atoms with E-state index in [-0.39, 0.29) is 56.4 Å². The average molecular weight is 349 g/mol. The Bertz CT molecular complexity index is 739. The van der Waals surface area contributed by atoms with Gasteiger partial charge in [-0.15, -0.1) is 0 Å². The van der Waals surface area contributed by atoms with Gasteiger partial charge in [0.1, 0.15) is 4.32 Å². The third-order valence-electron chi connectivity index (χ3n) is 3.49. The fraction of sp³-hybridized carbons (Fsp3) is 0.312. The van der Waals surface area contributed by atoms with Crippen LogP contribution in [0.4, 0.5) is 5.69 Å². The van der Waals surface area contributed by atoms with Crippen molar-refractivity contribution in [1.82, 2.24) is 0 Å². The summed E-state index contributed by atoms with van der Waals surface area (Å²) in [5.41, 5.74) is 0.602. The van der Waals surface area contributed by atoms with Crippen LogP contribution in [0.5, 0.6) is 0 Å². The minimum Gasteiger partial charge on any atom is -0.294 e. The van der Waals surface area contributed by atoms with Crippen LogP contribution < -0.4 is 4.90 Å². The van der Waals surface area contributed by atoms with Crippen LogP contribution in [0.1, 0.15) is 58.3 Å². The summed E-state index contributed by atoms with van der Waals surface area (Å²) < 4.78 is 0.284. The van der Waals surface area contributed by atoms with E-state index < -0.39 is 0 Å². The number of benzene rings is 1. The van der Waals surface area contributed by atoms with Crippen LogP contribution in [0.25, 0.3) is 0 Å². The van der Waals surface area contributed by atoms with Gasteiger partial charge < -0.3 is 0 Å². The summed E-state index contributed by atoms with van der Waals surface area (Å²) in [6.45, 7) is 3.99. The molecule has 0 atom stereocenters. The number of anilines is 1. The lowest BCUT2D eigenvalue weighted by molar-refractivity contribution is -0.117. The number of Topliss-reactive ketones (excluding diaryl/α,β-unsaturated/α-hetero) is 3. The first kappa shape index (κ1) is 17.5. The molecule has 0 spiro atoms. The molecule has 1 aliphatic rings. The van der Waals surface area contributed by atoms with Gasteiger partial charge in [-0.25, -0.2) is 0 Å². The monoisotopic (exact) mass is 349 g/mol. The SMILES string of the molecule is CC(=O)c1ccc(C(C)=O)c(N2C(=O)CCSC2=S)c1C(C)=O. The van der Waals surface area contributed by atoms with Gasteiger partial charge in [-0.2, -0.15) is 0 Å². The highest BCUT2D eigenvalue weighted by Crippen LogP contribution is 2.35. The Morgan fingerprint density at radius 1 is 1.04 bits per heavy atom. The second kappa shape index (κ2) is 6.72. The van der Waals surface area contributed by atoms with Gasteiger partial charge in [0.2, 0.25) is 5.91 Å². The summed E-state index contributed by atoms with van der Waals surface area (Å²) in [5, 5.41) is 0. The van der Waals surface area contributed by atoms with Crippen LogP contribution in [-0.2, 0) is 4.79 Å². The molecule has 1 aliphatic heterocycles. The molecule has 0 N–H and O–H groups in total. The van der Waals surface area contributed by atoms with E-state index in [0.29, 0.717) is 5.75 Å². The molecular weight excluding hydrogens is 334 g/mol. The number of carbonyl (C=O) groups excluding carboxylic acids is 4. The average Bonchev–Trinajstić information content (AvgIpc) is 2.45. The second-order valence-electron chi connectivity index (χ2n) is 5.15. The Morgan fingerprint density at radius 2 is 1.61 bits per heavy atom. The maximum absolute atomic E-state index is 12.4. The number of thiocarbonyl (C=S) groups is 1. The third kappa shape index (κ3) is 3.25. The Labute approximate surface area is 143 Å². The number of hydrogen-bond acceptors (Lipinski definition) is 6. The van der Waals surface area contributed by atoms with Crippen LogP contribution in [0.2, 0.25) is 0 Å². The first-order valence-electron chi connectivity index (χ1n) is 6.95. The van der Waals surface area contributed by atoms with Crippen molar-refractivity contribution in [2.24, 2.45) is 0 Å². The molecule has 1 aromatic rings. The minimum absolute atomic E-state index is 0.0726. The highest BCUT2D eigenvalue weighted by Gasteiger charge is 2.33. The summed E-state index contributed by atoms with van der Waals surface area (Å²) in [7, 11) is 0. The van der Waals surface area contributed by atoms with Gasteiger partial charge >= 0.3 is 0 Å². The van der Waals surface area contributed by atoms with Gasteiger partial charge in [0.15, 0.2) is 17.3 Å². The molecule has 1 aromatic carbocycles. The highest BCUT2D eigenvalue weighted by atomic mass is 32.2. The normalized spacial score (nSPS) is 14.8. The summed E-state index contributed by atoms with van der Waals surface area (Å²) in [6, 6.07) is 2.92. The van der Waals surface area contributed by atoms with E-state index in [2.05, 4.69) is 0 Å². The number of carbonyl (C=O) groups is 4. The number of thioether (sulfide) groups is 1. The molecule has 0 unspecified atom stereocenters. The molecule has 1 heterocycles. The Morgan fingerprint density at radius 3 is 2.09 bits per heavy atom. The van der Waals surface area contributed by atoms with Gasteiger partial charge in [0.05, 0.1) is 11.3 Å². The van der Waals surface area contributed by atoms with E-state index in [4.69, 9.17) is 12.2 Å². The molecule has 1 saturated heterocycles. The standard InChI is InChI=1S/C16H15NO4S2/c1-8(18)11-4-5-12(9(2)19)15(14(11)10(3)20)17-13(21)6-7-23-16(17)22/h4-5H,6-7H2,1-3H3. The van der Waals surface area contributed by atoms with Crippen LogP contribution in [0.15, 0.2) is 12.1 Å². The van der Waals surface area contributed by atoms with Crippen molar-refractivity contribution in [2.75, 3.05) is 10.7 Å². The Hall–Kier alpha value is -1.86. The van der Waals surface area contributed by atoms with E-state index in [1.54, 1.807) is 0 Å². The molecule has 0 bridgehead atoms. The first-order chi connectivity index (χ1) is 10.8. The molecule has 0 saturated carbocycles. The van der Waals surface area contributed by atoms with Crippen LogP contribution in [-0.4, -0.2) is 33.3 Å². The number of hydrogen-bond donors (Lipinski definition) is 0. The van der Waals surface area contributed by atoms with Gasteiger partial charge in [0, 0.05) is 23.3 Å². The van der Waals surface area contributed by atoms with Crippen LogP contribution in [0, 0.1) is 0 Å². The van der Waals surface area contributed by atoms with E-state index in [9.17, 15) is 19.2 Å². The first-order valence-corrected chi connectivity index (χ1v) is 8.34. The molecule has 2 rings (SSSR count). The lowest BCUT2D eigenvalue weighted by Crippen LogP contribution is -2.40. The van der Waals surface area contributed by atoms with Crippen molar-refractivity contribution >= 4 is 57.2 Å². The molecular formula is C16H15NO4S2. The number of ketones is 3. The van der Waals surface area contributed by atoms with Gasteiger partial charge in [-0.1, -0.05) is 24.0 Å². The summed E-state index contributed by atoms with van der Waals surface area (Å²) in [6.07, 6.45) is 0.254. The zero-order valence-corrected chi connectivity index (χ0v) is 14.6. The van der Waals surface area contributed by atoms with Gasteiger partial charge in [-0.3, -0.25) is 24.1 Å². The molecule has 5 nitrogen and oxygen atoms in total. The number of amides is 1. The van der Waals surface area contributed by atoms with E-state index >= 15 is 0 Å². The molecule has 1 amide bonds. The predicted molar refractivity (Wildman–Crippen MR) is 93.6 cm³/mol. The maximum Gasteiger partial charge on any atom is 0.233 e. The topological polar surface area (TPSA) is 71.5 Å². The molecule has 1 fully saturated rings. The zero-order valence-electron chi connectivity index (χ0n) is 13.0. The second-order valence-corrected chi connectivity index (χ2v) is 6.88. The van der Waals surface area contributed by atoms with Crippen LogP contribution >= 0.6 is 24.0 Å². The minimum atomic E-state index is -0.389. The maximum atomic E-state index is 12.4. The Balaban J connectivity index is 2.86. The van der Waals surface area contributed by atoms with Crippen LogP contribution in [0.3, 0.4) is 0 Å². The van der Waals surface area contributed by atoms with Crippen molar-refractivity contribution in [3.8, 4) is 0 Å². The molecule has 0 aromatic heterocycles. The quantitative estimate of drug-likeness (QED) is 0.614. The number of nitrogens with zero attached hydrogens (tertiary/aromatic N) is 1. The van der Waals surface area contributed by atoms with Crippen molar-refractivity contribution in [2.45, 2.75) is 27.2 Å².